The number of hydrogen-bond donors (Lipinski definition) is 3. The summed E-state index contributed by atoms with van der Waals surface area (Å²) in [5, 5.41) is 9.71. The number of rotatable bonds is 5. The van der Waals surface area contributed by atoms with Gasteiger partial charge in [0, 0.05) is 31.5 Å². The number of hydrogen-bond acceptors (Lipinski definition) is 6. The zero-order valence-electron chi connectivity index (χ0n) is 15.3. The summed E-state index contributed by atoms with van der Waals surface area (Å²) < 4.78 is 14.2. The lowest BCUT2D eigenvalue weighted by Crippen LogP contribution is -2.33. The third-order valence-corrected chi connectivity index (χ3v) is 4.95. The Morgan fingerprint density at radius 2 is 2.11 bits per heavy atom. The number of nitrogens with one attached hydrogen (secondary N) is 3. The van der Waals surface area contributed by atoms with E-state index in [0.717, 1.165) is 30.7 Å². The number of fused-ring (bicyclic) bond motifs is 1. The summed E-state index contributed by atoms with van der Waals surface area (Å²) in [6.45, 7) is 2.92. The van der Waals surface area contributed by atoms with Crippen LogP contribution in [0.5, 0.6) is 0 Å². The van der Waals surface area contributed by atoms with Gasteiger partial charge in [0.1, 0.15) is 11.3 Å². The lowest BCUT2D eigenvalue weighted by Gasteiger charge is -2.23. The van der Waals surface area contributed by atoms with Gasteiger partial charge in [-0.2, -0.15) is 0 Å². The molecule has 3 heterocycles. The van der Waals surface area contributed by atoms with E-state index < -0.39 is 0 Å². The molecule has 1 fully saturated rings. The molecular formula is C20H23FN6. The van der Waals surface area contributed by atoms with Crippen molar-refractivity contribution in [3.8, 4) is 11.3 Å². The first kappa shape index (κ1) is 17.6. The van der Waals surface area contributed by atoms with Crippen LogP contribution in [0.2, 0.25) is 0 Å². The van der Waals surface area contributed by atoms with Crippen molar-refractivity contribution in [3.63, 3.8) is 0 Å². The number of anilines is 2. The van der Waals surface area contributed by atoms with Crippen LogP contribution in [-0.4, -0.2) is 41.6 Å². The van der Waals surface area contributed by atoms with Crippen LogP contribution in [0, 0.1) is 11.7 Å². The molecule has 3 aromatic rings. The smallest absolute Gasteiger partial charge is 0.154 e. The van der Waals surface area contributed by atoms with Gasteiger partial charge in [-0.25, -0.2) is 14.4 Å². The summed E-state index contributed by atoms with van der Waals surface area (Å²) in [5.41, 5.74) is 3.32. The fourth-order valence-electron chi connectivity index (χ4n) is 3.46. The van der Waals surface area contributed by atoms with Crippen LogP contribution < -0.4 is 16.0 Å². The molecular weight excluding hydrogens is 343 g/mol. The number of pyridine rings is 1. The second-order valence-electron chi connectivity index (χ2n) is 6.82. The molecule has 1 aliphatic rings. The van der Waals surface area contributed by atoms with E-state index in [4.69, 9.17) is 4.98 Å². The molecule has 0 aliphatic carbocycles. The van der Waals surface area contributed by atoms with Gasteiger partial charge in [-0.1, -0.05) is 6.07 Å². The molecule has 140 valence electrons. The molecule has 0 unspecified atom stereocenters. The van der Waals surface area contributed by atoms with Crippen LogP contribution in [0.4, 0.5) is 15.9 Å². The van der Waals surface area contributed by atoms with E-state index in [-0.39, 0.29) is 5.82 Å². The highest BCUT2D eigenvalue weighted by atomic mass is 19.1. The number of piperidine rings is 1. The van der Waals surface area contributed by atoms with Gasteiger partial charge in [0.2, 0.25) is 0 Å². The van der Waals surface area contributed by atoms with Crippen LogP contribution >= 0.6 is 0 Å². The molecule has 0 spiro atoms. The van der Waals surface area contributed by atoms with Gasteiger partial charge >= 0.3 is 0 Å². The number of halogens is 1. The topological polar surface area (TPSA) is 74.8 Å². The highest BCUT2D eigenvalue weighted by Crippen LogP contribution is 2.28. The second-order valence-corrected chi connectivity index (χ2v) is 6.82. The molecule has 1 saturated heterocycles. The maximum absolute atomic E-state index is 14.2. The predicted octanol–water partition coefficient (Wildman–Crippen LogP) is 3.28. The molecule has 3 N–H and O–H groups in total. The van der Waals surface area contributed by atoms with Crippen molar-refractivity contribution in [1.29, 1.82) is 0 Å². The van der Waals surface area contributed by atoms with Crippen LogP contribution in [0.3, 0.4) is 0 Å². The monoisotopic (exact) mass is 366 g/mol. The van der Waals surface area contributed by atoms with Gasteiger partial charge in [0.05, 0.1) is 16.9 Å². The third kappa shape index (κ3) is 3.83. The zero-order valence-corrected chi connectivity index (χ0v) is 15.3. The second kappa shape index (κ2) is 7.84. The first-order chi connectivity index (χ1) is 13.2. The van der Waals surface area contributed by atoms with E-state index in [1.807, 2.05) is 12.1 Å². The lowest BCUT2D eigenvalue weighted by molar-refractivity contribution is 0.392. The normalized spacial score (nSPS) is 17.0. The van der Waals surface area contributed by atoms with Crippen molar-refractivity contribution in [1.82, 2.24) is 20.3 Å². The quantitative estimate of drug-likeness (QED) is 0.643. The minimum Gasteiger partial charge on any atom is -0.386 e. The maximum Gasteiger partial charge on any atom is 0.154 e. The van der Waals surface area contributed by atoms with E-state index in [0.29, 0.717) is 28.7 Å². The summed E-state index contributed by atoms with van der Waals surface area (Å²) in [4.78, 5) is 13.6. The SMILES string of the molecule is CNc1ccc(-c2cc3nccnc3c(NC[C@H]3CCCNC3)n2)cc1F. The molecule has 4 rings (SSSR count). The first-order valence-corrected chi connectivity index (χ1v) is 9.28. The lowest BCUT2D eigenvalue weighted by atomic mass is 10.00. The van der Waals surface area contributed by atoms with Gasteiger partial charge < -0.3 is 16.0 Å². The Kier molecular flexibility index (Phi) is 5.11. The van der Waals surface area contributed by atoms with Gasteiger partial charge in [-0.05, 0) is 50.0 Å². The Morgan fingerprint density at radius 1 is 1.22 bits per heavy atom. The van der Waals surface area contributed by atoms with Gasteiger partial charge in [0.25, 0.3) is 0 Å². The average molecular weight is 366 g/mol. The predicted molar refractivity (Wildman–Crippen MR) is 106 cm³/mol. The fraction of sp³-hybridized carbons (Fsp3) is 0.350. The van der Waals surface area contributed by atoms with Gasteiger partial charge in [0.15, 0.2) is 5.82 Å². The molecule has 0 bridgehead atoms. The van der Waals surface area contributed by atoms with Crippen molar-refractivity contribution in [2.75, 3.05) is 37.3 Å². The molecule has 2 aromatic heterocycles. The maximum atomic E-state index is 14.2. The van der Waals surface area contributed by atoms with Gasteiger partial charge in [-0.3, -0.25) is 4.98 Å². The highest BCUT2D eigenvalue weighted by Gasteiger charge is 2.15. The van der Waals surface area contributed by atoms with Crippen molar-refractivity contribution < 1.29 is 4.39 Å². The highest BCUT2D eigenvalue weighted by molar-refractivity contribution is 5.88. The Bertz CT molecular complexity index is 939. The molecule has 1 atom stereocenters. The summed E-state index contributed by atoms with van der Waals surface area (Å²) in [5.74, 6) is 0.946. The molecule has 0 saturated carbocycles. The van der Waals surface area contributed by atoms with Gasteiger partial charge in [-0.15, -0.1) is 0 Å². The molecule has 0 amide bonds. The van der Waals surface area contributed by atoms with Crippen LogP contribution in [0.1, 0.15) is 12.8 Å². The summed E-state index contributed by atoms with van der Waals surface area (Å²) in [7, 11) is 1.70. The van der Waals surface area contributed by atoms with E-state index in [1.54, 1.807) is 25.5 Å². The van der Waals surface area contributed by atoms with Crippen LogP contribution in [0.15, 0.2) is 36.7 Å². The Balaban J connectivity index is 1.68. The van der Waals surface area contributed by atoms with E-state index in [9.17, 15) is 4.39 Å². The standard InChI is InChI=1S/C20H23FN6/c1-22-16-5-4-14(9-15(16)21)17-10-18-19(25-8-7-24-18)20(27-17)26-12-13-3-2-6-23-11-13/h4-5,7-10,13,22-23H,2-3,6,11-12H2,1H3,(H,26,27)/t13-/m0/s1. The van der Waals surface area contributed by atoms with E-state index in [2.05, 4.69) is 25.9 Å². The summed E-state index contributed by atoms with van der Waals surface area (Å²) in [6.07, 6.45) is 5.71. The third-order valence-electron chi connectivity index (χ3n) is 4.95. The molecule has 1 aromatic carbocycles. The number of benzene rings is 1. The van der Waals surface area contributed by atoms with Crippen molar-refractivity contribution in [3.05, 3.63) is 42.5 Å². The Morgan fingerprint density at radius 3 is 2.89 bits per heavy atom. The van der Waals surface area contributed by atoms with Crippen LogP contribution in [0.25, 0.3) is 22.3 Å². The van der Waals surface area contributed by atoms with Crippen molar-refractivity contribution >= 4 is 22.5 Å². The molecule has 27 heavy (non-hydrogen) atoms. The molecule has 6 nitrogen and oxygen atoms in total. The van der Waals surface area contributed by atoms with Crippen molar-refractivity contribution in [2.24, 2.45) is 5.92 Å². The molecule has 1 aliphatic heterocycles. The minimum atomic E-state index is -0.307. The number of aromatic nitrogens is 3. The number of nitrogens with zero attached hydrogens (tertiary/aromatic N) is 3. The Labute approximate surface area is 157 Å². The minimum absolute atomic E-state index is 0.307. The largest absolute Gasteiger partial charge is 0.386 e. The molecule has 0 radical (unpaired) electrons. The summed E-state index contributed by atoms with van der Waals surface area (Å²) in [6, 6.07) is 6.91. The van der Waals surface area contributed by atoms with Crippen molar-refractivity contribution in [2.45, 2.75) is 12.8 Å². The zero-order chi connectivity index (χ0) is 18.6. The summed E-state index contributed by atoms with van der Waals surface area (Å²) >= 11 is 0. The first-order valence-electron chi connectivity index (χ1n) is 9.28. The Hall–Kier alpha value is -2.80. The average Bonchev–Trinajstić information content (AvgIpc) is 2.72. The van der Waals surface area contributed by atoms with E-state index in [1.165, 1.54) is 18.9 Å². The van der Waals surface area contributed by atoms with Crippen LogP contribution in [-0.2, 0) is 0 Å². The fourth-order valence-corrected chi connectivity index (χ4v) is 3.46. The molecule has 7 heteroatoms. The van der Waals surface area contributed by atoms with E-state index >= 15 is 0 Å².